The molecule has 0 fully saturated rings. The van der Waals surface area contributed by atoms with Crippen molar-refractivity contribution in [1.82, 2.24) is 5.32 Å². The van der Waals surface area contributed by atoms with E-state index in [1.54, 1.807) is 13.8 Å². The van der Waals surface area contributed by atoms with Crippen molar-refractivity contribution in [3.8, 4) is 0 Å². The number of carbonyl (C=O) groups is 2. The molecule has 0 saturated carbocycles. The molecule has 2 amide bonds. The fourth-order valence-corrected chi connectivity index (χ4v) is 2.80. The summed E-state index contributed by atoms with van der Waals surface area (Å²) in [5, 5.41) is 24.0. The molecular formula is C13H20N2O5S. The fourth-order valence-electron chi connectivity index (χ4n) is 1.75. The number of urea groups is 1. The van der Waals surface area contributed by atoms with Crippen LogP contribution in [-0.4, -0.2) is 48.6 Å². The lowest BCUT2D eigenvalue weighted by molar-refractivity contribution is 0.0599. The number of aliphatic hydroxyl groups excluding tert-OH is 1. The van der Waals surface area contributed by atoms with Gasteiger partial charge in [0.25, 0.3) is 0 Å². The molecule has 0 aromatic carbocycles. The molecule has 0 aliphatic heterocycles. The van der Waals surface area contributed by atoms with Crippen LogP contribution in [-0.2, 0) is 4.74 Å². The molecule has 1 atom stereocenters. The van der Waals surface area contributed by atoms with Crippen LogP contribution in [0.5, 0.6) is 0 Å². The number of rotatable bonds is 7. The number of carboxylic acids is 1. The first-order valence-corrected chi connectivity index (χ1v) is 7.23. The van der Waals surface area contributed by atoms with Gasteiger partial charge in [-0.1, -0.05) is 0 Å². The lowest BCUT2D eigenvalue weighted by Gasteiger charge is -2.10. The van der Waals surface area contributed by atoms with Gasteiger partial charge < -0.3 is 20.3 Å². The largest absolute Gasteiger partial charge is 0.478 e. The molecule has 0 radical (unpaired) electrons. The van der Waals surface area contributed by atoms with Crippen molar-refractivity contribution in [2.75, 3.05) is 25.6 Å². The molecule has 1 aromatic rings. The zero-order valence-electron chi connectivity index (χ0n) is 12.2. The summed E-state index contributed by atoms with van der Waals surface area (Å²) in [6, 6.07) is -0.497. The predicted octanol–water partition coefficient (Wildman–Crippen LogP) is 1.58. The maximum absolute atomic E-state index is 11.7. The Morgan fingerprint density at radius 3 is 2.62 bits per heavy atom. The topological polar surface area (TPSA) is 108 Å². The lowest BCUT2D eigenvalue weighted by atomic mass is 10.1. The number of aliphatic hydroxyl groups is 1. The third-order valence-electron chi connectivity index (χ3n) is 2.95. The molecule has 4 N–H and O–H groups in total. The van der Waals surface area contributed by atoms with Crippen LogP contribution in [0.25, 0.3) is 0 Å². The molecule has 0 bridgehead atoms. The summed E-state index contributed by atoms with van der Waals surface area (Å²) in [6.07, 6.45) is -0.286. The summed E-state index contributed by atoms with van der Waals surface area (Å²) >= 11 is 1.22. The molecule has 118 valence electrons. The number of nitrogens with one attached hydrogen (secondary N) is 2. The van der Waals surface area contributed by atoms with Crippen LogP contribution in [0, 0.1) is 13.8 Å². The van der Waals surface area contributed by atoms with Crippen molar-refractivity contribution in [3.63, 3.8) is 0 Å². The quantitative estimate of drug-likeness (QED) is 0.611. The molecule has 0 aliphatic carbocycles. The molecule has 1 heterocycles. The van der Waals surface area contributed by atoms with Crippen molar-refractivity contribution in [2.24, 2.45) is 0 Å². The van der Waals surface area contributed by atoms with Gasteiger partial charge in [-0.15, -0.1) is 11.3 Å². The normalized spacial score (nSPS) is 12.0. The Morgan fingerprint density at radius 1 is 1.38 bits per heavy atom. The van der Waals surface area contributed by atoms with E-state index in [4.69, 9.17) is 9.84 Å². The highest BCUT2D eigenvalue weighted by molar-refractivity contribution is 7.16. The van der Waals surface area contributed by atoms with Crippen molar-refractivity contribution < 1.29 is 24.5 Å². The second kappa shape index (κ2) is 7.96. The Balaban J connectivity index is 2.56. The van der Waals surface area contributed by atoms with Crippen molar-refractivity contribution in [2.45, 2.75) is 26.4 Å². The van der Waals surface area contributed by atoms with E-state index in [2.05, 4.69) is 10.6 Å². The van der Waals surface area contributed by atoms with Crippen LogP contribution in [0.3, 0.4) is 0 Å². The van der Waals surface area contributed by atoms with Gasteiger partial charge in [0, 0.05) is 18.5 Å². The molecule has 21 heavy (non-hydrogen) atoms. The molecule has 0 saturated heterocycles. The van der Waals surface area contributed by atoms with Gasteiger partial charge in [-0.2, -0.15) is 0 Å². The highest BCUT2D eigenvalue weighted by Crippen LogP contribution is 2.32. The van der Waals surface area contributed by atoms with E-state index in [0.717, 1.165) is 4.88 Å². The minimum absolute atomic E-state index is 0.118. The zero-order valence-corrected chi connectivity index (χ0v) is 13.0. The van der Waals surface area contributed by atoms with Crippen LogP contribution in [0.1, 0.15) is 27.2 Å². The fraction of sp³-hybridized carbons (Fsp3) is 0.538. The number of hydrogen-bond acceptors (Lipinski definition) is 5. The van der Waals surface area contributed by atoms with Crippen molar-refractivity contribution in [1.29, 1.82) is 0 Å². The van der Waals surface area contributed by atoms with Gasteiger partial charge in [0.1, 0.15) is 5.00 Å². The Hall–Kier alpha value is -1.64. The number of amides is 2. The second-order valence-electron chi connectivity index (χ2n) is 4.57. The SMILES string of the molecule is COCC(O)CCNC(=O)Nc1sc(C)c(C)c1C(=O)O. The number of hydrogen-bond donors (Lipinski definition) is 4. The van der Waals surface area contributed by atoms with E-state index in [1.807, 2.05) is 0 Å². The Labute approximate surface area is 126 Å². The van der Waals surface area contributed by atoms with Gasteiger partial charge in [-0.05, 0) is 25.8 Å². The maximum atomic E-state index is 11.7. The summed E-state index contributed by atoms with van der Waals surface area (Å²) in [5.74, 6) is -1.07. The molecular weight excluding hydrogens is 296 g/mol. The monoisotopic (exact) mass is 316 g/mol. The highest BCUT2D eigenvalue weighted by atomic mass is 32.1. The van der Waals surface area contributed by atoms with Crippen LogP contribution in [0.4, 0.5) is 9.80 Å². The number of ether oxygens (including phenoxy) is 1. The van der Waals surface area contributed by atoms with Gasteiger partial charge in [-0.25, -0.2) is 9.59 Å². The smallest absolute Gasteiger partial charge is 0.338 e. The molecule has 1 aromatic heterocycles. The minimum Gasteiger partial charge on any atom is -0.478 e. The van der Waals surface area contributed by atoms with Crippen molar-refractivity contribution >= 4 is 28.3 Å². The number of thiophene rings is 1. The van der Waals surface area contributed by atoms with Gasteiger partial charge >= 0.3 is 12.0 Å². The van der Waals surface area contributed by atoms with E-state index in [1.165, 1.54) is 18.4 Å². The summed E-state index contributed by atoms with van der Waals surface area (Å²) in [5.41, 5.74) is 0.769. The minimum atomic E-state index is -1.07. The summed E-state index contributed by atoms with van der Waals surface area (Å²) in [7, 11) is 1.48. The third-order valence-corrected chi connectivity index (χ3v) is 4.07. The number of carboxylic acid groups (broad SMARTS) is 1. The van der Waals surface area contributed by atoms with Crippen LogP contribution in [0.15, 0.2) is 0 Å². The Morgan fingerprint density at radius 2 is 2.05 bits per heavy atom. The predicted molar refractivity (Wildman–Crippen MR) is 80.3 cm³/mol. The Kier molecular flexibility index (Phi) is 6.60. The van der Waals surface area contributed by atoms with E-state index in [9.17, 15) is 14.7 Å². The van der Waals surface area contributed by atoms with Crippen LogP contribution in [0.2, 0.25) is 0 Å². The van der Waals surface area contributed by atoms with E-state index < -0.39 is 18.1 Å². The first-order valence-electron chi connectivity index (χ1n) is 6.42. The maximum Gasteiger partial charge on any atom is 0.338 e. The lowest BCUT2D eigenvalue weighted by Crippen LogP contribution is -2.32. The summed E-state index contributed by atoms with van der Waals surface area (Å²) in [6.45, 7) is 3.98. The summed E-state index contributed by atoms with van der Waals surface area (Å²) < 4.78 is 4.77. The first-order chi connectivity index (χ1) is 9.86. The number of aryl methyl sites for hydroxylation is 1. The molecule has 1 unspecified atom stereocenters. The Bertz CT molecular complexity index is 515. The zero-order chi connectivity index (χ0) is 16.0. The van der Waals surface area contributed by atoms with Gasteiger partial charge in [0.2, 0.25) is 0 Å². The standard InChI is InChI=1S/C13H20N2O5S/c1-7-8(2)21-11(10(7)12(17)18)15-13(19)14-5-4-9(16)6-20-3/h9,16H,4-6H2,1-3H3,(H,17,18)(H2,14,15,19). The number of anilines is 1. The number of methoxy groups -OCH3 is 1. The van der Waals surface area contributed by atoms with Gasteiger partial charge in [0.15, 0.2) is 0 Å². The van der Waals surface area contributed by atoms with Crippen molar-refractivity contribution in [3.05, 3.63) is 16.0 Å². The van der Waals surface area contributed by atoms with Gasteiger partial charge in [-0.3, -0.25) is 5.32 Å². The number of carbonyl (C=O) groups excluding carboxylic acids is 1. The number of aromatic carboxylic acids is 1. The van der Waals surface area contributed by atoms with Gasteiger partial charge in [0.05, 0.1) is 18.3 Å². The third kappa shape index (κ3) is 5.00. The molecule has 1 rings (SSSR count). The van der Waals surface area contributed by atoms with E-state index in [-0.39, 0.29) is 18.7 Å². The molecule has 0 aliphatic rings. The molecule has 7 nitrogen and oxygen atoms in total. The first kappa shape index (κ1) is 17.4. The second-order valence-corrected chi connectivity index (χ2v) is 5.80. The van der Waals surface area contributed by atoms with E-state index in [0.29, 0.717) is 17.0 Å². The summed E-state index contributed by atoms with van der Waals surface area (Å²) in [4.78, 5) is 23.8. The van der Waals surface area contributed by atoms with Crippen LogP contribution < -0.4 is 10.6 Å². The molecule has 0 spiro atoms. The van der Waals surface area contributed by atoms with E-state index >= 15 is 0 Å². The van der Waals surface area contributed by atoms with Crippen LogP contribution >= 0.6 is 11.3 Å². The average molecular weight is 316 g/mol. The molecule has 8 heteroatoms. The highest BCUT2D eigenvalue weighted by Gasteiger charge is 2.20. The average Bonchev–Trinajstić information content (AvgIpc) is 2.64.